The lowest BCUT2D eigenvalue weighted by molar-refractivity contribution is -0.127. The van der Waals surface area contributed by atoms with Crippen LogP contribution < -0.4 is 0 Å². The number of aliphatic hydroxyl groups is 1. The van der Waals surface area contributed by atoms with E-state index in [0.29, 0.717) is 11.3 Å². The van der Waals surface area contributed by atoms with Crippen molar-refractivity contribution >= 4 is 0 Å². The predicted molar refractivity (Wildman–Crippen MR) is 56.9 cm³/mol. The lowest BCUT2D eigenvalue weighted by Crippen LogP contribution is -2.54. The molecule has 5 unspecified atom stereocenters. The van der Waals surface area contributed by atoms with Gasteiger partial charge < -0.3 is 5.11 Å². The monoisotopic (exact) mass is 194 g/mol. The molecule has 14 heavy (non-hydrogen) atoms. The quantitative estimate of drug-likeness (QED) is 0.628. The third kappa shape index (κ3) is 0.997. The zero-order valence-corrected chi connectivity index (χ0v) is 9.21. The van der Waals surface area contributed by atoms with E-state index in [1.54, 1.807) is 0 Å². The number of hydrogen-bond acceptors (Lipinski definition) is 1. The SMILES string of the molecule is CC12CCC(O)C1C1CCCCCC12. The molecular weight excluding hydrogens is 172 g/mol. The Morgan fingerprint density at radius 1 is 1.07 bits per heavy atom. The normalized spacial score (nSPS) is 57.0. The fourth-order valence-electron chi connectivity index (χ4n) is 4.92. The first-order chi connectivity index (χ1) is 6.73. The molecule has 1 heteroatoms. The predicted octanol–water partition coefficient (Wildman–Crippen LogP) is 2.97. The van der Waals surface area contributed by atoms with Gasteiger partial charge in [-0.1, -0.05) is 26.2 Å². The summed E-state index contributed by atoms with van der Waals surface area (Å²) in [6, 6.07) is 0. The van der Waals surface area contributed by atoms with Gasteiger partial charge in [-0.2, -0.15) is 0 Å². The second-order valence-corrected chi connectivity index (χ2v) is 6.05. The number of rotatable bonds is 0. The van der Waals surface area contributed by atoms with E-state index in [-0.39, 0.29) is 6.10 Å². The highest BCUT2D eigenvalue weighted by Crippen LogP contribution is 2.67. The molecule has 0 radical (unpaired) electrons. The van der Waals surface area contributed by atoms with E-state index in [0.717, 1.165) is 18.3 Å². The summed E-state index contributed by atoms with van der Waals surface area (Å²) in [4.78, 5) is 0. The van der Waals surface area contributed by atoms with Crippen LogP contribution in [0.25, 0.3) is 0 Å². The Morgan fingerprint density at radius 3 is 2.71 bits per heavy atom. The fourth-order valence-corrected chi connectivity index (χ4v) is 4.92. The summed E-state index contributed by atoms with van der Waals surface area (Å²) in [6.45, 7) is 2.44. The molecule has 1 N–H and O–H groups in total. The molecular formula is C13H22O. The Hall–Kier alpha value is -0.0400. The van der Waals surface area contributed by atoms with E-state index in [1.165, 1.54) is 38.5 Å². The summed E-state index contributed by atoms with van der Waals surface area (Å²) in [5.74, 6) is 2.53. The number of hydrogen-bond donors (Lipinski definition) is 1. The van der Waals surface area contributed by atoms with Gasteiger partial charge in [0.1, 0.15) is 0 Å². The molecule has 0 amide bonds. The van der Waals surface area contributed by atoms with Gasteiger partial charge in [-0.25, -0.2) is 0 Å². The van der Waals surface area contributed by atoms with E-state index in [9.17, 15) is 5.11 Å². The highest BCUT2D eigenvalue weighted by molar-refractivity contribution is 5.11. The van der Waals surface area contributed by atoms with E-state index >= 15 is 0 Å². The largest absolute Gasteiger partial charge is 0.393 e. The van der Waals surface area contributed by atoms with E-state index in [4.69, 9.17) is 0 Å². The minimum absolute atomic E-state index is 0.0411. The molecule has 5 atom stereocenters. The molecule has 3 aliphatic carbocycles. The molecule has 3 aliphatic rings. The van der Waals surface area contributed by atoms with Crippen LogP contribution in [0.2, 0.25) is 0 Å². The van der Waals surface area contributed by atoms with Crippen molar-refractivity contribution in [1.82, 2.24) is 0 Å². The maximum atomic E-state index is 10.0. The van der Waals surface area contributed by atoms with Gasteiger partial charge in [0.15, 0.2) is 0 Å². The number of fused-ring (bicyclic) bond motifs is 4. The zero-order chi connectivity index (χ0) is 9.76. The first kappa shape index (κ1) is 9.21. The first-order valence-electron chi connectivity index (χ1n) is 6.41. The maximum Gasteiger partial charge on any atom is 0.0576 e. The van der Waals surface area contributed by atoms with Crippen LogP contribution in [-0.2, 0) is 0 Å². The first-order valence-corrected chi connectivity index (χ1v) is 6.41. The van der Waals surface area contributed by atoms with Gasteiger partial charge in [-0.05, 0) is 48.9 Å². The van der Waals surface area contributed by atoms with Crippen molar-refractivity contribution < 1.29 is 5.11 Å². The molecule has 3 saturated carbocycles. The summed E-state index contributed by atoms with van der Waals surface area (Å²) in [6.07, 6.45) is 9.56. The average molecular weight is 194 g/mol. The minimum Gasteiger partial charge on any atom is -0.393 e. The van der Waals surface area contributed by atoms with Gasteiger partial charge in [-0.15, -0.1) is 0 Å². The van der Waals surface area contributed by atoms with Gasteiger partial charge in [0.2, 0.25) is 0 Å². The Labute approximate surface area is 86.9 Å². The van der Waals surface area contributed by atoms with Crippen LogP contribution in [0.1, 0.15) is 51.9 Å². The van der Waals surface area contributed by atoms with Gasteiger partial charge in [0.25, 0.3) is 0 Å². The van der Waals surface area contributed by atoms with Crippen molar-refractivity contribution in [2.75, 3.05) is 0 Å². The average Bonchev–Trinajstić information content (AvgIpc) is 2.38. The highest BCUT2D eigenvalue weighted by atomic mass is 16.3. The van der Waals surface area contributed by atoms with Gasteiger partial charge in [0.05, 0.1) is 6.10 Å². The highest BCUT2D eigenvalue weighted by Gasteiger charge is 2.63. The van der Waals surface area contributed by atoms with Crippen LogP contribution in [-0.4, -0.2) is 11.2 Å². The van der Waals surface area contributed by atoms with Crippen LogP contribution in [0.3, 0.4) is 0 Å². The lowest BCUT2D eigenvalue weighted by Gasteiger charge is -2.58. The van der Waals surface area contributed by atoms with Crippen LogP contribution in [0.15, 0.2) is 0 Å². The molecule has 0 heterocycles. The molecule has 0 aromatic rings. The Morgan fingerprint density at radius 2 is 1.86 bits per heavy atom. The van der Waals surface area contributed by atoms with Crippen molar-refractivity contribution in [1.29, 1.82) is 0 Å². The molecule has 80 valence electrons. The lowest BCUT2D eigenvalue weighted by atomic mass is 9.47. The summed E-state index contributed by atoms with van der Waals surface area (Å²) >= 11 is 0. The molecule has 0 bridgehead atoms. The Kier molecular flexibility index (Phi) is 1.96. The smallest absolute Gasteiger partial charge is 0.0576 e. The van der Waals surface area contributed by atoms with Crippen molar-refractivity contribution in [2.24, 2.45) is 23.2 Å². The summed E-state index contributed by atoms with van der Waals surface area (Å²) in [5, 5.41) is 10.0. The van der Waals surface area contributed by atoms with Crippen LogP contribution in [0.4, 0.5) is 0 Å². The minimum atomic E-state index is 0.0411. The molecule has 0 aromatic carbocycles. The van der Waals surface area contributed by atoms with Crippen molar-refractivity contribution in [3.63, 3.8) is 0 Å². The molecule has 0 saturated heterocycles. The van der Waals surface area contributed by atoms with Crippen molar-refractivity contribution in [3.8, 4) is 0 Å². The van der Waals surface area contributed by atoms with E-state index in [1.807, 2.05) is 0 Å². The maximum absolute atomic E-state index is 10.0. The van der Waals surface area contributed by atoms with E-state index < -0.39 is 0 Å². The molecule has 0 aromatic heterocycles. The standard InChI is InChI=1S/C13H22O/c1-13-8-7-11(14)12(13)9-5-3-2-4-6-10(9)13/h9-12,14H,2-8H2,1H3. The topological polar surface area (TPSA) is 20.2 Å². The Balaban J connectivity index is 1.85. The summed E-state index contributed by atoms with van der Waals surface area (Å²) in [5.41, 5.74) is 0.536. The van der Waals surface area contributed by atoms with Crippen LogP contribution >= 0.6 is 0 Å². The molecule has 3 rings (SSSR count). The zero-order valence-electron chi connectivity index (χ0n) is 9.21. The second kappa shape index (κ2) is 2.98. The molecule has 3 fully saturated rings. The summed E-state index contributed by atoms with van der Waals surface area (Å²) < 4.78 is 0. The van der Waals surface area contributed by atoms with Gasteiger partial charge in [-0.3, -0.25) is 0 Å². The van der Waals surface area contributed by atoms with Gasteiger partial charge >= 0.3 is 0 Å². The van der Waals surface area contributed by atoms with Crippen molar-refractivity contribution in [3.05, 3.63) is 0 Å². The molecule has 0 aliphatic heterocycles. The van der Waals surface area contributed by atoms with Gasteiger partial charge in [0, 0.05) is 0 Å². The van der Waals surface area contributed by atoms with Crippen LogP contribution in [0.5, 0.6) is 0 Å². The van der Waals surface area contributed by atoms with E-state index in [2.05, 4.69) is 6.92 Å². The van der Waals surface area contributed by atoms with Crippen molar-refractivity contribution in [2.45, 2.75) is 58.0 Å². The van der Waals surface area contributed by atoms with Crippen LogP contribution in [0, 0.1) is 23.2 Å². The Bertz CT molecular complexity index is 237. The second-order valence-electron chi connectivity index (χ2n) is 6.05. The molecule has 0 spiro atoms. The summed E-state index contributed by atoms with van der Waals surface area (Å²) in [7, 11) is 0. The number of aliphatic hydroxyl groups excluding tert-OH is 1. The third-order valence-corrected chi connectivity index (χ3v) is 5.53. The fraction of sp³-hybridized carbons (Fsp3) is 1.00. The third-order valence-electron chi connectivity index (χ3n) is 5.53. The molecule has 1 nitrogen and oxygen atoms in total.